The summed E-state index contributed by atoms with van der Waals surface area (Å²) in [6.45, 7) is 6.48. The fourth-order valence-corrected chi connectivity index (χ4v) is 2.11. The number of hydrogen-bond acceptors (Lipinski definition) is 5. The SMILES string of the molecule is C=C(C)C(=O)OCCOCCOc1cccc2cc(OC)ccc12. The van der Waals surface area contributed by atoms with Gasteiger partial charge in [-0.25, -0.2) is 4.79 Å². The molecule has 0 heterocycles. The molecule has 0 saturated carbocycles. The lowest BCUT2D eigenvalue weighted by Crippen LogP contribution is -2.13. The molecule has 0 amide bonds. The maximum atomic E-state index is 11.2. The summed E-state index contributed by atoms with van der Waals surface area (Å²) < 4.78 is 21.3. The number of esters is 1. The molecular weight excluding hydrogens is 308 g/mol. The van der Waals surface area contributed by atoms with Gasteiger partial charge in [-0.05, 0) is 36.6 Å². The first-order chi connectivity index (χ1) is 11.6. The number of ether oxygens (including phenoxy) is 4. The quantitative estimate of drug-likeness (QED) is 0.401. The van der Waals surface area contributed by atoms with Crippen molar-refractivity contribution in [3.63, 3.8) is 0 Å². The molecular formula is C19H22O5. The summed E-state index contributed by atoms with van der Waals surface area (Å²) in [5.41, 5.74) is 0.380. The lowest BCUT2D eigenvalue weighted by Gasteiger charge is -2.11. The first kappa shape index (κ1) is 17.8. The molecule has 0 aromatic heterocycles. The number of hydrogen-bond donors (Lipinski definition) is 0. The summed E-state index contributed by atoms with van der Waals surface area (Å²) in [5, 5.41) is 2.08. The second kappa shape index (κ2) is 8.93. The average Bonchev–Trinajstić information content (AvgIpc) is 2.60. The van der Waals surface area contributed by atoms with Gasteiger partial charge < -0.3 is 18.9 Å². The molecule has 0 unspecified atom stereocenters. The van der Waals surface area contributed by atoms with Crippen LogP contribution in [-0.2, 0) is 14.3 Å². The third kappa shape index (κ3) is 4.99. The Morgan fingerprint density at radius 1 is 1.08 bits per heavy atom. The van der Waals surface area contributed by atoms with Gasteiger partial charge in [-0.3, -0.25) is 0 Å². The molecule has 0 fully saturated rings. The molecule has 2 rings (SSSR count). The second-order valence-electron chi connectivity index (χ2n) is 5.22. The van der Waals surface area contributed by atoms with E-state index in [0.717, 1.165) is 22.3 Å². The minimum absolute atomic E-state index is 0.208. The van der Waals surface area contributed by atoms with Crippen molar-refractivity contribution in [2.75, 3.05) is 33.5 Å². The Kier molecular flexibility index (Phi) is 6.63. The maximum absolute atomic E-state index is 11.2. The van der Waals surface area contributed by atoms with Gasteiger partial charge in [0.25, 0.3) is 0 Å². The topological polar surface area (TPSA) is 54.0 Å². The minimum Gasteiger partial charge on any atom is -0.497 e. The smallest absolute Gasteiger partial charge is 0.333 e. The molecule has 2 aromatic carbocycles. The van der Waals surface area contributed by atoms with Gasteiger partial charge >= 0.3 is 5.97 Å². The molecule has 0 N–H and O–H groups in total. The zero-order chi connectivity index (χ0) is 17.4. The third-order valence-electron chi connectivity index (χ3n) is 3.34. The summed E-state index contributed by atoms with van der Waals surface area (Å²) in [6, 6.07) is 11.7. The number of fused-ring (bicyclic) bond motifs is 1. The fourth-order valence-electron chi connectivity index (χ4n) is 2.11. The van der Waals surface area contributed by atoms with Crippen LogP contribution in [0.5, 0.6) is 11.5 Å². The molecule has 0 aliphatic carbocycles. The number of methoxy groups -OCH3 is 1. The van der Waals surface area contributed by atoms with Crippen molar-refractivity contribution in [3.05, 3.63) is 48.6 Å². The number of benzene rings is 2. The van der Waals surface area contributed by atoms with Gasteiger partial charge in [-0.2, -0.15) is 0 Å². The van der Waals surface area contributed by atoms with Gasteiger partial charge in [0.2, 0.25) is 0 Å². The summed E-state index contributed by atoms with van der Waals surface area (Å²) >= 11 is 0. The Labute approximate surface area is 141 Å². The van der Waals surface area contributed by atoms with Crippen molar-refractivity contribution < 1.29 is 23.7 Å². The largest absolute Gasteiger partial charge is 0.497 e. The van der Waals surface area contributed by atoms with Gasteiger partial charge in [0, 0.05) is 11.0 Å². The first-order valence-electron chi connectivity index (χ1n) is 7.72. The Morgan fingerprint density at radius 3 is 2.62 bits per heavy atom. The van der Waals surface area contributed by atoms with Crippen molar-refractivity contribution in [2.45, 2.75) is 6.92 Å². The Hall–Kier alpha value is -2.53. The van der Waals surface area contributed by atoms with Gasteiger partial charge in [-0.15, -0.1) is 0 Å². The Morgan fingerprint density at radius 2 is 1.88 bits per heavy atom. The fraction of sp³-hybridized carbons (Fsp3) is 0.316. The molecule has 5 heteroatoms. The van der Waals surface area contributed by atoms with Crippen LogP contribution in [0, 0.1) is 0 Å². The third-order valence-corrected chi connectivity index (χ3v) is 3.34. The van der Waals surface area contributed by atoms with E-state index in [1.165, 1.54) is 0 Å². The molecule has 0 radical (unpaired) electrons. The molecule has 5 nitrogen and oxygen atoms in total. The molecule has 128 valence electrons. The molecule has 0 spiro atoms. The van der Waals surface area contributed by atoms with Crippen LogP contribution in [0.25, 0.3) is 10.8 Å². The van der Waals surface area contributed by atoms with Crippen LogP contribution >= 0.6 is 0 Å². The summed E-state index contributed by atoms with van der Waals surface area (Å²) in [5.74, 6) is 1.21. The van der Waals surface area contributed by atoms with E-state index in [1.54, 1.807) is 14.0 Å². The van der Waals surface area contributed by atoms with E-state index in [9.17, 15) is 4.79 Å². The van der Waals surface area contributed by atoms with Crippen molar-refractivity contribution >= 4 is 16.7 Å². The highest BCUT2D eigenvalue weighted by atomic mass is 16.6. The Bertz CT molecular complexity index is 708. The summed E-state index contributed by atoms with van der Waals surface area (Å²) in [4.78, 5) is 11.2. The zero-order valence-electron chi connectivity index (χ0n) is 14.0. The highest BCUT2D eigenvalue weighted by Crippen LogP contribution is 2.28. The van der Waals surface area contributed by atoms with E-state index in [2.05, 4.69) is 6.58 Å². The predicted molar refractivity (Wildman–Crippen MR) is 92.6 cm³/mol. The van der Waals surface area contributed by atoms with Crippen molar-refractivity contribution in [3.8, 4) is 11.5 Å². The highest BCUT2D eigenvalue weighted by molar-refractivity contribution is 5.89. The van der Waals surface area contributed by atoms with Crippen LogP contribution in [0.2, 0.25) is 0 Å². The molecule has 24 heavy (non-hydrogen) atoms. The molecule has 0 bridgehead atoms. The predicted octanol–water partition coefficient (Wildman–Crippen LogP) is 3.36. The van der Waals surface area contributed by atoms with Crippen molar-refractivity contribution in [1.82, 2.24) is 0 Å². The van der Waals surface area contributed by atoms with E-state index in [0.29, 0.717) is 25.4 Å². The maximum Gasteiger partial charge on any atom is 0.333 e. The van der Waals surface area contributed by atoms with Gasteiger partial charge in [0.05, 0.1) is 20.3 Å². The standard InChI is InChI=1S/C19H22O5/c1-14(2)19(20)24-12-10-22-9-11-23-18-6-4-5-15-13-16(21-3)7-8-17(15)18/h4-8,13H,1,9-12H2,2-3H3. The molecule has 0 aliphatic rings. The lowest BCUT2D eigenvalue weighted by atomic mass is 10.1. The second-order valence-corrected chi connectivity index (χ2v) is 5.22. The van der Waals surface area contributed by atoms with Gasteiger partial charge in [0.15, 0.2) is 0 Å². The van der Waals surface area contributed by atoms with Crippen molar-refractivity contribution in [1.29, 1.82) is 0 Å². The summed E-state index contributed by atoms with van der Waals surface area (Å²) in [7, 11) is 1.65. The number of carbonyl (C=O) groups excluding carboxylic acids is 1. The number of carbonyl (C=O) groups is 1. The van der Waals surface area contributed by atoms with E-state index in [1.807, 2.05) is 36.4 Å². The lowest BCUT2D eigenvalue weighted by molar-refractivity contribution is -0.140. The molecule has 0 aliphatic heterocycles. The summed E-state index contributed by atoms with van der Waals surface area (Å²) in [6.07, 6.45) is 0. The van der Waals surface area contributed by atoms with Crippen LogP contribution in [0.15, 0.2) is 48.6 Å². The van der Waals surface area contributed by atoms with Crippen molar-refractivity contribution in [2.24, 2.45) is 0 Å². The normalized spacial score (nSPS) is 10.4. The van der Waals surface area contributed by atoms with E-state index >= 15 is 0 Å². The molecule has 0 atom stereocenters. The molecule has 0 saturated heterocycles. The van der Waals surface area contributed by atoms with Gasteiger partial charge in [0.1, 0.15) is 24.7 Å². The van der Waals surface area contributed by atoms with Crippen LogP contribution in [0.4, 0.5) is 0 Å². The minimum atomic E-state index is -0.402. The average molecular weight is 330 g/mol. The highest BCUT2D eigenvalue weighted by Gasteiger charge is 2.04. The van der Waals surface area contributed by atoms with E-state index in [-0.39, 0.29) is 6.61 Å². The first-order valence-corrected chi connectivity index (χ1v) is 7.72. The Balaban J connectivity index is 1.76. The number of rotatable bonds is 9. The monoisotopic (exact) mass is 330 g/mol. The van der Waals surface area contributed by atoms with E-state index in [4.69, 9.17) is 18.9 Å². The zero-order valence-corrected chi connectivity index (χ0v) is 14.0. The van der Waals surface area contributed by atoms with Crippen LogP contribution < -0.4 is 9.47 Å². The molecule has 2 aromatic rings. The van der Waals surface area contributed by atoms with Gasteiger partial charge in [-0.1, -0.05) is 18.7 Å². The van der Waals surface area contributed by atoms with Crippen LogP contribution in [0.3, 0.4) is 0 Å². The van der Waals surface area contributed by atoms with Crippen LogP contribution in [-0.4, -0.2) is 39.5 Å². The van der Waals surface area contributed by atoms with Crippen LogP contribution in [0.1, 0.15) is 6.92 Å². The van der Waals surface area contributed by atoms with E-state index < -0.39 is 5.97 Å².